The molecule has 0 aliphatic heterocycles. The molecule has 0 amide bonds. The summed E-state index contributed by atoms with van der Waals surface area (Å²) in [7, 11) is 1.32. The molecular weight excluding hydrogens is 278 g/mol. The summed E-state index contributed by atoms with van der Waals surface area (Å²) < 4.78 is 24.4. The zero-order valence-corrected chi connectivity index (χ0v) is 9.87. The van der Waals surface area contributed by atoms with E-state index in [2.05, 4.69) is 20.7 Å². The Morgan fingerprint density at radius 1 is 1.46 bits per heavy atom. The maximum atomic E-state index is 10.7. The van der Waals surface area contributed by atoms with Gasteiger partial charge in [-0.1, -0.05) is 15.9 Å². The van der Waals surface area contributed by atoms with Crippen LogP contribution in [0.5, 0.6) is 0 Å². The van der Waals surface area contributed by atoms with Gasteiger partial charge in [-0.2, -0.15) is 8.42 Å². The van der Waals surface area contributed by atoms with Gasteiger partial charge in [0.2, 0.25) is 0 Å². The first-order valence-electron chi connectivity index (χ1n) is 3.37. The van der Waals surface area contributed by atoms with Crippen LogP contribution in [0.1, 0.15) is 5.56 Å². The van der Waals surface area contributed by atoms with Gasteiger partial charge in [-0.3, -0.25) is 4.72 Å². The molecule has 0 saturated heterocycles. The molecule has 0 fully saturated rings. The zero-order valence-electron chi connectivity index (χ0n) is 6.71. The van der Waals surface area contributed by atoms with E-state index in [0.717, 1.165) is 10.0 Å². The molecule has 0 radical (unpaired) electrons. The highest BCUT2D eigenvalue weighted by Gasteiger charge is 2.06. The van der Waals surface area contributed by atoms with Crippen molar-refractivity contribution in [1.29, 1.82) is 0 Å². The van der Waals surface area contributed by atoms with Crippen molar-refractivity contribution in [1.82, 2.24) is 0 Å². The number of hydrogen-bond acceptors (Lipinski definition) is 2. The minimum Gasteiger partial charge on any atom is -0.271 e. The van der Waals surface area contributed by atoms with Gasteiger partial charge in [0, 0.05) is 15.2 Å². The Bertz CT molecular complexity index is 419. The van der Waals surface area contributed by atoms with E-state index in [9.17, 15) is 8.42 Å². The van der Waals surface area contributed by atoms with E-state index in [1.807, 2.05) is 0 Å². The Morgan fingerprint density at radius 3 is 2.54 bits per heavy atom. The Kier molecular flexibility index (Phi) is 3.21. The second-order valence-corrected chi connectivity index (χ2v) is 5.71. The molecule has 3 nitrogen and oxygen atoms in total. The van der Waals surface area contributed by atoms with Crippen molar-refractivity contribution in [3.05, 3.63) is 28.2 Å². The first-order chi connectivity index (χ1) is 5.88. The van der Waals surface area contributed by atoms with Crippen LogP contribution in [0.25, 0.3) is 0 Å². The molecule has 0 atom stereocenters. The predicted molar refractivity (Wildman–Crippen MR) is 57.3 cm³/mol. The first kappa shape index (κ1) is 10.8. The first-order valence-corrected chi connectivity index (χ1v) is 6.47. The molecule has 0 unspecified atom stereocenters. The fraction of sp³-hybridized carbons (Fsp3) is 0.143. The third kappa shape index (κ3) is 3.54. The summed E-state index contributed by atoms with van der Waals surface area (Å²) in [6.07, 6.45) is 0. The minimum atomic E-state index is -3.71. The molecule has 6 heteroatoms. The summed E-state index contributed by atoms with van der Waals surface area (Å²) in [5, 5.41) is 0. The van der Waals surface area contributed by atoms with Crippen LogP contribution in [0.3, 0.4) is 0 Å². The number of anilines is 1. The number of hydrogen-bond donors (Lipinski definition) is 1. The van der Waals surface area contributed by atoms with Crippen LogP contribution in [0.15, 0.2) is 22.7 Å². The summed E-state index contributed by atoms with van der Waals surface area (Å²) in [6.45, 7) is 1.79. The molecule has 13 heavy (non-hydrogen) atoms. The second kappa shape index (κ2) is 3.86. The van der Waals surface area contributed by atoms with Gasteiger partial charge < -0.3 is 0 Å². The Balaban J connectivity index is 3.04. The zero-order chi connectivity index (χ0) is 10.1. The molecule has 72 valence electrons. The number of aryl methyl sites for hydroxylation is 1. The van der Waals surface area contributed by atoms with Crippen LogP contribution >= 0.6 is 26.6 Å². The molecular formula is C7H7BrClNO2S. The SMILES string of the molecule is Cc1cc(Br)ccc1NS(=O)(=O)Cl. The summed E-state index contributed by atoms with van der Waals surface area (Å²) in [4.78, 5) is 0. The Morgan fingerprint density at radius 2 is 2.08 bits per heavy atom. The summed E-state index contributed by atoms with van der Waals surface area (Å²) in [5.74, 6) is 0. The van der Waals surface area contributed by atoms with Crippen LogP contribution in [-0.2, 0) is 9.24 Å². The number of nitrogens with one attached hydrogen (secondary N) is 1. The molecule has 0 heterocycles. The minimum absolute atomic E-state index is 0.484. The lowest BCUT2D eigenvalue weighted by molar-refractivity contribution is 0.614. The lowest BCUT2D eigenvalue weighted by Gasteiger charge is -2.05. The fourth-order valence-electron chi connectivity index (χ4n) is 0.873. The standard InChI is InChI=1S/C7H7BrClNO2S/c1-5-4-6(8)2-3-7(5)10-13(9,11)12/h2-4,10H,1H3. The van der Waals surface area contributed by atoms with Gasteiger partial charge in [0.25, 0.3) is 0 Å². The van der Waals surface area contributed by atoms with Crippen molar-refractivity contribution in [3.63, 3.8) is 0 Å². The van der Waals surface area contributed by atoms with Gasteiger partial charge in [-0.05, 0) is 30.7 Å². The van der Waals surface area contributed by atoms with E-state index in [1.54, 1.807) is 25.1 Å². The second-order valence-electron chi connectivity index (χ2n) is 2.50. The van der Waals surface area contributed by atoms with Gasteiger partial charge in [-0.25, -0.2) is 0 Å². The van der Waals surface area contributed by atoms with E-state index in [0.29, 0.717) is 5.69 Å². The van der Waals surface area contributed by atoms with Crippen molar-refractivity contribution < 1.29 is 8.42 Å². The van der Waals surface area contributed by atoms with E-state index < -0.39 is 9.24 Å². The van der Waals surface area contributed by atoms with Crippen molar-refractivity contribution in [2.24, 2.45) is 0 Å². The Hall–Kier alpha value is -0.260. The van der Waals surface area contributed by atoms with E-state index >= 15 is 0 Å². The Labute approximate surface area is 89.8 Å². The normalized spacial score (nSPS) is 11.3. The van der Waals surface area contributed by atoms with Crippen molar-refractivity contribution in [2.75, 3.05) is 4.72 Å². The maximum absolute atomic E-state index is 10.7. The quantitative estimate of drug-likeness (QED) is 0.849. The third-order valence-electron chi connectivity index (χ3n) is 1.42. The van der Waals surface area contributed by atoms with Crippen LogP contribution in [0.4, 0.5) is 5.69 Å². The lowest BCUT2D eigenvalue weighted by atomic mass is 10.2. The molecule has 1 rings (SSSR count). The molecule has 0 saturated carbocycles. The summed E-state index contributed by atoms with van der Waals surface area (Å²) >= 11 is 3.27. The molecule has 0 aliphatic carbocycles. The van der Waals surface area contributed by atoms with Crippen LogP contribution in [0.2, 0.25) is 0 Å². The van der Waals surface area contributed by atoms with Crippen molar-refractivity contribution in [2.45, 2.75) is 6.92 Å². The van der Waals surface area contributed by atoms with Gasteiger partial charge in [0.05, 0.1) is 5.69 Å². The van der Waals surface area contributed by atoms with Gasteiger partial charge in [-0.15, -0.1) is 0 Å². The lowest BCUT2D eigenvalue weighted by Crippen LogP contribution is -2.05. The van der Waals surface area contributed by atoms with Crippen LogP contribution in [0, 0.1) is 6.92 Å². The van der Waals surface area contributed by atoms with Gasteiger partial charge >= 0.3 is 9.24 Å². The molecule has 1 aromatic rings. The van der Waals surface area contributed by atoms with Gasteiger partial charge in [0.1, 0.15) is 0 Å². The average Bonchev–Trinajstić information content (AvgIpc) is 1.93. The van der Waals surface area contributed by atoms with Crippen molar-refractivity contribution in [3.8, 4) is 0 Å². The number of benzene rings is 1. The van der Waals surface area contributed by atoms with Crippen LogP contribution in [-0.4, -0.2) is 8.42 Å². The van der Waals surface area contributed by atoms with Crippen LogP contribution < -0.4 is 4.72 Å². The largest absolute Gasteiger partial charge is 0.319 e. The molecule has 0 aromatic heterocycles. The highest BCUT2D eigenvalue weighted by atomic mass is 79.9. The molecule has 0 aliphatic rings. The number of rotatable bonds is 2. The van der Waals surface area contributed by atoms with E-state index in [4.69, 9.17) is 10.7 Å². The highest BCUT2D eigenvalue weighted by Crippen LogP contribution is 2.21. The summed E-state index contributed by atoms with van der Waals surface area (Å²) in [5.41, 5.74) is 1.29. The number of halogens is 2. The van der Waals surface area contributed by atoms with E-state index in [1.165, 1.54) is 0 Å². The maximum Gasteiger partial charge on any atom is 0.319 e. The molecule has 0 spiro atoms. The molecule has 1 N–H and O–H groups in total. The average molecular weight is 285 g/mol. The summed E-state index contributed by atoms with van der Waals surface area (Å²) in [6, 6.07) is 5.17. The van der Waals surface area contributed by atoms with Crippen molar-refractivity contribution >= 4 is 41.5 Å². The molecule has 0 bridgehead atoms. The smallest absolute Gasteiger partial charge is 0.271 e. The van der Waals surface area contributed by atoms with E-state index in [-0.39, 0.29) is 0 Å². The topological polar surface area (TPSA) is 46.2 Å². The predicted octanol–water partition coefficient (Wildman–Crippen LogP) is 2.65. The van der Waals surface area contributed by atoms with Gasteiger partial charge in [0.15, 0.2) is 0 Å². The molecule has 1 aromatic carbocycles. The third-order valence-corrected chi connectivity index (χ3v) is 2.61. The monoisotopic (exact) mass is 283 g/mol. The fourth-order valence-corrected chi connectivity index (χ4v) is 2.09. The highest BCUT2D eigenvalue weighted by molar-refractivity contribution is 9.10.